The van der Waals surface area contributed by atoms with E-state index >= 15 is 0 Å². The maximum atomic E-state index is 14.3. The van der Waals surface area contributed by atoms with Crippen molar-refractivity contribution in [3.63, 3.8) is 0 Å². The molecule has 0 aromatic heterocycles. The first-order valence-corrected chi connectivity index (χ1v) is 10.0. The van der Waals surface area contributed by atoms with Gasteiger partial charge in [-0.2, -0.15) is 127 Å². The van der Waals surface area contributed by atoms with Crippen molar-refractivity contribution in [2.75, 3.05) is 6.61 Å². The second kappa shape index (κ2) is 12.2. The van der Waals surface area contributed by atoms with E-state index in [4.69, 9.17) is 5.11 Å². The van der Waals surface area contributed by atoms with Gasteiger partial charge in [-0.1, -0.05) is 0 Å². The van der Waals surface area contributed by atoms with Gasteiger partial charge in [-0.3, -0.25) is 18.9 Å². The third kappa shape index (κ3) is 7.84. The summed E-state index contributed by atoms with van der Waals surface area (Å²) in [5, 5.41) is 8.11. The highest BCUT2D eigenvalue weighted by Gasteiger charge is 2.90. The number of aliphatic hydroxyl groups is 1. The zero-order valence-corrected chi connectivity index (χ0v) is 20.7. The fourth-order valence-corrected chi connectivity index (χ4v) is 2.19. The minimum Gasteiger partial charge on any atom is -0.390 e. The van der Waals surface area contributed by atoms with Crippen molar-refractivity contribution in [2.24, 2.45) is 0 Å². The molecule has 1 N–H and O–H groups in total. The Bertz CT molecular complexity index is 1150. The molecule has 0 fully saturated rings. The van der Waals surface area contributed by atoms with E-state index in [1.54, 1.807) is 0 Å². The second-order valence-electron chi connectivity index (χ2n) is 8.21. The van der Waals surface area contributed by atoms with Gasteiger partial charge in [0.25, 0.3) is 0 Å². The molecule has 0 aliphatic heterocycles. The molecule has 0 heterocycles. The molecular formula is C15H3F29O5. The predicted molar refractivity (Wildman–Crippen MR) is 81.8 cm³/mol. The Kier molecular flexibility index (Phi) is 11.6. The van der Waals surface area contributed by atoms with Gasteiger partial charge in [0.1, 0.15) is 6.61 Å². The highest BCUT2D eigenvalue weighted by Crippen LogP contribution is 2.61. The fraction of sp³-hybridized carbons (Fsp3) is 1.00. The van der Waals surface area contributed by atoms with Crippen LogP contribution in [0.4, 0.5) is 127 Å². The average Bonchev–Trinajstić information content (AvgIpc) is 2.78. The van der Waals surface area contributed by atoms with Gasteiger partial charge >= 0.3 is 84.7 Å². The number of ether oxygens (including phenoxy) is 4. The average molecular weight is 814 g/mol. The first kappa shape index (κ1) is 46.8. The summed E-state index contributed by atoms with van der Waals surface area (Å²) in [5.41, 5.74) is 0. The lowest BCUT2D eigenvalue weighted by Gasteiger charge is -2.44. The van der Waals surface area contributed by atoms with Crippen LogP contribution in [-0.4, -0.2) is 96.4 Å². The van der Waals surface area contributed by atoms with Gasteiger partial charge in [0, 0.05) is 0 Å². The van der Waals surface area contributed by atoms with Gasteiger partial charge in [-0.25, -0.2) is 0 Å². The molecule has 0 aromatic rings. The van der Waals surface area contributed by atoms with Crippen LogP contribution in [0.25, 0.3) is 0 Å². The topological polar surface area (TPSA) is 57.2 Å². The molecule has 0 bridgehead atoms. The predicted octanol–water partition coefficient (Wildman–Crippen LogP) is 8.53. The monoisotopic (exact) mass is 814 g/mol. The van der Waals surface area contributed by atoms with Crippen LogP contribution in [-0.2, 0) is 18.9 Å². The largest absolute Gasteiger partial charge is 0.462 e. The number of halogens is 29. The Labute approximate surface area is 244 Å². The zero-order valence-electron chi connectivity index (χ0n) is 20.7. The van der Waals surface area contributed by atoms with Crippen molar-refractivity contribution in [1.29, 1.82) is 0 Å². The van der Waals surface area contributed by atoms with Gasteiger partial charge in [0.15, 0.2) is 0 Å². The summed E-state index contributed by atoms with van der Waals surface area (Å²) in [4.78, 5) is 0. The first-order valence-electron chi connectivity index (χ1n) is 10.0. The summed E-state index contributed by atoms with van der Waals surface area (Å²) in [7, 11) is 0. The van der Waals surface area contributed by atoms with Gasteiger partial charge in [0.2, 0.25) is 0 Å². The number of hydrogen-bond acceptors (Lipinski definition) is 5. The smallest absolute Gasteiger partial charge is 0.390 e. The summed E-state index contributed by atoms with van der Waals surface area (Å²) >= 11 is 0. The minimum atomic E-state index is -9.19. The molecule has 49 heavy (non-hydrogen) atoms. The van der Waals surface area contributed by atoms with Crippen LogP contribution in [0, 0.1) is 0 Å². The quantitative estimate of drug-likeness (QED) is 0.189. The van der Waals surface area contributed by atoms with Gasteiger partial charge in [-0.15, -0.1) is 0 Å². The molecule has 296 valence electrons. The standard InChI is InChI=1S/C15H3F29O5/c16-2(1-45,7(22,23)24)46-13(39,40)4(19,9(28,29)30)48-15(43,44)6(21,11(34,35)36)49-14(41,42)5(20,10(31,32)33)47-12(37,38)3(17,18)8(25,26)27/h45H,1H2/t2-,4+,5-,6-/m1/s1. The Morgan fingerprint density at radius 1 is 0.286 bits per heavy atom. The summed E-state index contributed by atoms with van der Waals surface area (Å²) in [6.45, 7) is -3.78. The van der Waals surface area contributed by atoms with Crippen molar-refractivity contribution in [2.45, 2.75) is 84.7 Å². The molecule has 0 saturated carbocycles. The lowest BCUT2D eigenvalue weighted by Crippen LogP contribution is -2.72. The van der Waals surface area contributed by atoms with E-state index in [1.807, 2.05) is 0 Å². The van der Waals surface area contributed by atoms with Crippen LogP contribution >= 0.6 is 0 Å². The minimum absolute atomic E-state index is 0.845. The fourth-order valence-electron chi connectivity index (χ4n) is 2.19. The van der Waals surface area contributed by atoms with Crippen LogP contribution in [0.3, 0.4) is 0 Å². The summed E-state index contributed by atoms with van der Waals surface area (Å²) in [6.07, 6.45) is -76.7. The lowest BCUT2D eigenvalue weighted by molar-refractivity contribution is -0.593. The molecule has 0 rings (SSSR count). The van der Waals surface area contributed by atoms with Crippen molar-refractivity contribution < 1.29 is 151 Å². The molecule has 0 amide bonds. The van der Waals surface area contributed by atoms with E-state index in [1.165, 1.54) is 4.74 Å². The molecule has 0 saturated heterocycles. The van der Waals surface area contributed by atoms with Crippen LogP contribution in [0.1, 0.15) is 0 Å². The molecule has 0 unspecified atom stereocenters. The lowest BCUT2D eigenvalue weighted by atomic mass is 10.2. The van der Waals surface area contributed by atoms with Crippen LogP contribution in [0.5, 0.6) is 0 Å². The molecular weight excluding hydrogens is 811 g/mol. The van der Waals surface area contributed by atoms with Crippen molar-refractivity contribution in [3.05, 3.63) is 0 Å². The molecule has 4 atom stereocenters. The van der Waals surface area contributed by atoms with Crippen molar-refractivity contribution in [1.82, 2.24) is 0 Å². The SMILES string of the molecule is OC[C@@](F)(OC(F)(F)[C@@](F)(OC(F)(F)[C@](F)(OC(F)(F)[C@](F)(OC(F)(F)C(F)(F)C(F)(F)F)C(F)(F)F)C(F)(F)F)C(F)(F)F)C(F)(F)F. The van der Waals surface area contributed by atoms with E-state index in [0.29, 0.717) is 0 Å². The van der Waals surface area contributed by atoms with Gasteiger partial charge in [0.05, 0.1) is 0 Å². The maximum absolute atomic E-state index is 14.3. The van der Waals surface area contributed by atoms with Crippen LogP contribution in [0.2, 0.25) is 0 Å². The Balaban J connectivity index is 7.61. The number of rotatable bonds is 13. The van der Waals surface area contributed by atoms with Crippen LogP contribution < -0.4 is 0 Å². The third-order valence-corrected chi connectivity index (χ3v) is 4.66. The van der Waals surface area contributed by atoms with Crippen molar-refractivity contribution >= 4 is 0 Å². The molecule has 0 aliphatic rings. The normalized spacial score (nSPS) is 20.7. The molecule has 5 nitrogen and oxygen atoms in total. The summed E-state index contributed by atoms with van der Waals surface area (Å²) < 4.78 is 386. The summed E-state index contributed by atoms with van der Waals surface area (Å²) in [5.74, 6) is -42.2. The number of aliphatic hydroxyl groups excluding tert-OH is 1. The van der Waals surface area contributed by atoms with E-state index in [2.05, 4.69) is 0 Å². The second-order valence-corrected chi connectivity index (χ2v) is 8.21. The summed E-state index contributed by atoms with van der Waals surface area (Å²) in [6, 6.07) is 0. The molecule has 0 spiro atoms. The van der Waals surface area contributed by atoms with Gasteiger partial charge < -0.3 is 5.11 Å². The van der Waals surface area contributed by atoms with E-state index in [9.17, 15) is 127 Å². The Hall–Kier alpha value is -2.23. The van der Waals surface area contributed by atoms with E-state index in [0.717, 1.165) is 14.2 Å². The molecule has 34 heteroatoms. The number of hydrogen-bond donors (Lipinski definition) is 1. The van der Waals surface area contributed by atoms with E-state index < -0.39 is 91.3 Å². The maximum Gasteiger partial charge on any atom is 0.462 e. The third-order valence-electron chi connectivity index (χ3n) is 4.66. The Morgan fingerprint density at radius 2 is 0.510 bits per heavy atom. The highest BCUT2D eigenvalue weighted by molar-refractivity contribution is 4.99. The van der Waals surface area contributed by atoms with Gasteiger partial charge in [-0.05, 0) is 0 Å². The van der Waals surface area contributed by atoms with E-state index in [-0.39, 0.29) is 0 Å². The highest BCUT2D eigenvalue weighted by atomic mass is 19.4. The molecule has 0 radical (unpaired) electrons. The van der Waals surface area contributed by atoms with Crippen molar-refractivity contribution in [3.8, 4) is 0 Å². The first-order chi connectivity index (χ1) is 20.6. The van der Waals surface area contributed by atoms with Crippen LogP contribution in [0.15, 0.2) is 0 Å². The Morgan fingerprint density at radius 3 is 0.694 bits per heavy atom. The molecule has 0 aromatic carbocycles. The number of alkyl halides is 29. The molecule has 0 aliphatic carbocycles. The zero-order chi connectivity index (χ0) is 40.5.